The molecule has 0 bridgehead atoms. The first-order valence-electron chi connectivity index (χ1n) is 46.8. The molecule has 0 aliphatic rings. The summed E-state index contributed by atoms with van der Waals surface area (Å²) in [6.07, 6.45) is 46.6. The molecule has 131 heavy (non-hydrogen) atoms. The maximum absolute atomic E-state index is 16.4. The lowest BCUT2D eigenvalue weighted by molar-refractivity contribution is 0.309. The molecule has 0 saturated carbocycles. The molecule has 0 fully saturated rings. The minimum absolute atomic E-state index is 0. The molecule has 0 radical (unpaired) electrons. The second kappa shape index (κ2) is 53.8. The Balaban J connectivity index is 0.000000211. The quantitative estimate of drug-likeness (QED) is 0.0275. The standard InChI is InChI=1S/C56H64F2N4OS2.C28H33Br2F2N3S2.C26H27NO.CH4/c1-5-8-10-11-12-13-14-15-16-17-18-19-39-61-59-55-51(49-37-21-41(4)64-49)53(57)54(58)52(56(55)60-61)50-38-36-48(65-50)35-26-43-24-29-45(30-25-43)62(44-27-22-42(20-7-3)23-28-44)46-31-33-47(34-32-46)63-40-9-6-2;1-2-3-4-5-6-7-8-9-10-11-12-13-18-35-33-27-23(19-14-16-21(29)36-19)25(31)26(32)24(28(27)34-35)20-15-17-22(30)37-20;1-4-7-20-28-26-18-16-25(17-19-26)27(23-12-8-21(5-2)9-13-23)24-14-10-22(6-3)11-15-24;/h7,20-38H,5-6,8-19,39-40H2,1-4H3;14-17H,2-13,18H2,1H3;5-6,8-19H,2-4,7,20H2,1H3;1H4/b20-7+,35-26+;;;. The Morgan fingerprint density at radius 1 is 0.328 bits per heavy atom. The molecule has 0 saturated heterocycles. The zero-order valence-electron chi connectivity index (χ0n) is 76.3. The Bertz CT molecular complexity index is 5740. The highest BCUT2D eigenvalue weighted by Gasteiger charge is 2.30. The van der Waals surface area contributed by atoms with Gasteiger partial charge in [-0.05, 0) is 245 Å². The van der Waals surface area contributed by atoms with Crippen molar-refractivity contribution in [2.75, 3.05) is 23.0 Å². The molecular weight excluding hydrogens is 1840 g/mol. The topological polar surface area (TPSA) is 86.4 Å². The van der Waals surface area contributed by atoms with E-state index in [1.54, 1.807) is 21.7 Å². The molecule has 0 atom stereocenters. The zero-order chi connectivity index (χ0) is 91.4. The first-order chi connectivity index (χ1) is 63.6. The molecular formula is C111H128Br2F4N8O2S4. The molecule has 0 unspecified atom stereocenters. The number of hydrogen-bond donors (Lipinski definition) is 0. The number of unbranched alkanes of at least 4 members (excludes halogenated alkanes) is 24. The van der Waals surface area contributed by atoms with Crippen molar-refractivity contribution in [1.82, 2.24) is 30.0 Å². The van der Waals surface area contributed by atoms with Crippen LogP contribution in [-0.4, -0.2) is 43.2 Å². The Kier molecular flexibility index (Phi) is 41.8. The number of benzene rings is 8. The highest BCUT2D eigenvalue weighted by atomic mass is 79.9. The normalized spacial score (nSPS) is 11.4. The van der Waals surface area contributed by atoms with Crippen LogP contribution in [0.5, 0.6) is 11.5 Å². The number of hydrogen-bond acceptors (Lipinski definition) is 12. The summed E-state index contributed by atoms with van der Waals surface area (Å²) in [6, 6.07) is 65.2. The summed E-state index contributed by atoms with van der Waals surface area (Å²) in [5, 5.41) is 19.0. The van der Waals surface area contributed by atoms with Crippen LogP contribution in [0.2, 0.25) is 0 Å². The van der Waals surface area contributed by atoms with E-state index in [-0.39, 0.29) is 29.7 Å². The summed E-state index contributed by atoms with van der Waals surface area (Å²) in [7, 11) is 0. The van der Waals surface area contributed by atoms with Gasteiger partial charge in [0, 0.05) is 63.4 Å². The molecule has 0 N–H and O–H groups in total. The molecule has 0 spiro atoms. The van der Waals surface area contributed by atoms with Gasteiger partial charge < -0.3 is 19.3 Å². The minimum atomic E-state index is -0.886. The molecule has 20 heteroatoms. The molecule has 0 aliphatic heterocycles. The van der Waals surface area contributed by atoms with Crippen molar-refractivity contribution >= 4 is 164 Å². The van der Waals surface area contributed by atoms with Gasteiger partial charge in [-0.1, -0.05) is 281 Å². The molecule has 14 aromatic rings. The largest absolute Gasteiger partial charge is 0.494 e. The number of aryl methyl sites for hydroxylation is 3. The first kappa shape index (κ1) is 102. The smallest absolute Gasteiger partial charge is 0.170 e. The van der Waals surface area contributed by atoms with Crippen LogP contribution < -0.4 is 19.3 Å². The molecule has 14 rings (SSSR count). The van der Waals surface area contributed by atoms with Gasteiger partial charge >= 0.3 is 0 Å². The predicted octanol–water partition coefficient (Wildman–Crippen LogP) is 37.7. The highest BCUT2D eigenvalue weighted by Crippen LogP contribution is 2.47. The Morgan fingerprint density at radius 2 is 0.611 bits per heavy atom. The van der Waals surface area contributed by atoms with Crippen molar-refractivity contribution < 1.29 is 27.0 Å². The lowest BCUT2D eigenvalue weighted by Gasteiger charge is -2.26. The van der Waals surface area contributed by atoms with Crippen LogP contribution in [0, 0.1) is 30.2 Å². The highest BCUT2D eigenvalue weighted by molar-refractivity contribution is 9.11. The van der Waals surface area contributed by atoms with Gasteiger partial charge in [0.05, 0.1) is 56.1 Å². The molecule has 6 aromatic heterocycles. The summed E-state index contributed by atoms with van der Waals surface area (Å²) >= 11 is 12.4. The van der Waals surface area contributed by atoms with E-state index >= 15 is 17.6 Å². The van der Waals surface area contributed by atoms with Crippen LogP contribution in [0.4, 0.5) is 51.7 Å². The third kappa shape index (κ3) is 29.1. The van der Waals surface area contributed by atoms with Crippen LogP contribution in [0.3, 0.4) is 0 Å². The van der Waals surface area contributed by atoms with Crippen molar-refractivity contribution in [1.29, 1.82) is 0 Å². The average Bonchev–Trinajstić information content (AvgIpc) is 1.61. The molecule has 0 aliphatic carbocycles. The number of aromatic nitrogens is 6. The fourth-order valence-corrected chi connectivity index (χ4v) is 20.6. The van der Waals surface area contributed by atoms with Crippen LogP contribution >= 0.6 is 77.2 Å². The molecule has 690 valence electrons. The predicted molar refractivity (Wildman–Crippen MR) is 564 cm³/mol. The third-order valence-electron chi connectivity index (χ3n) is 23.0. The van der Waals surface area contributed by atoms with Gasteiger partial charge in [-0.2, -0.15) is 30.0 Å². The SMILES string of the molecule is C.C/C=C/c1ccc(N(c2ccc(/C=C/c3ccc(-c4c(F)c(F)c(-c5ccc(C)s5)c5nn(CCCCCCCCCCCCCC)nc45)s3)cc2)c2ccc(OCCCC)cc2)cc1.C=Cc1ccc(N(c2ccc(C=C)cc2)c2ccc(OCCCC)cc2)cc1.CCCCCCCCCCCCCCn1nc2c(-c3ccc(Br)s3)c(F)c(F)c(-c3ccc(Br)s3)c2n1. The van der Waals surface area contributed by atoms with Crippen LogP contribution in [-0.2, 0) is 13.1 Å². The van der Waals surface area contributed by atoms with Crippen LogP contribution in [0.25, 0.3) is 94.2 Å². The number of anilines is 6. The second-order valence-corrected chi connectivity index (χ2v) is 40.3. The molecule has 8 aromatic carbocycles. The fraction of sp³-hybridized carbons (Fsp3) is 0.351. The van der Waals surface area contributed by atoms with Crippen molar-refractivity contribution in [3.05, 3.63) is 276 Å². The van der Waals surface area contributed by atoms with E-state index in [0.29, 0.717) is 61.3 Å². The lowest BCUT2D eigenvalue weighted by atomic mass is 10.0. The zero-order valence-corrected chi connectivity index (χ0v) is 82.7. The number of halogens is 6. The second-order valence-electron chi connectivity index (χ2n) is 33.0. The Hall–Kier alpha value is -9.80. The number of ether oxygens (including phenoxy) is 2. The summed E-state index contributed by atoms with van der Waals surface area (Å²) in [5.41, 5.74) is 13.1. The van der Waals surface area contributed by atoms with E-state index < -0.39 is 23.3 Å². The number of thiophene rings is 4. The average molecular weight is 1970 g/mol. The van der Waals surface area contributed by atoms with Crippen LogP contribution in [0.15, 0.2) is 221 Å². The molecule has 6 heterocycles. The first-order valence-corrected chi connectivity index (χ1v) is 51.7. The Morgan fingerprint density at radius 3 is 0.908 bits per heavy atom. The number of allylic oxidation sites excluding steroid dienone is 1. The third-order valence-corrected chi connectivity index (χ3v) is 28.4. The van der Waals surface area contributed by atoms with Gasteiger partial charge in [-0.15, -0.1) is 45.3 Å². The fourth-order valence-electron chi connectivity index (χ4n) is 15.9. The van der Waals surface area contributed by atoms with E-state index in [1.807, 2.05) is 98.8 Å². The molecule has 0 amide bonds. The maximum atomic E-state index is 16.4. The van der Waals surface area contributed by atoms with E-state index in [9.17, 15) is 0 Å². The summed E-state index contributed by atoms with van der Waals surface area (Å²) in [4.78, 5) is 12.2. The van der Waals surface area contributed by atoms with Crippen molar-refractivity contribution in [3.63, 3.8) is 0 Å². The number of fused-ring (bicyclic) bond motifs is 2. The van der Waals surface area contributed by atoms with Gasteiger partial charge in [0.2, 0.25) is 0 Å². The minimum Gasteiger partial charge on any atom is -0.494 e. The van der Waals surface area contributed by atoms with E-state index in [2.05, 4.69) is 226 Å². The van der Waals surface area contributed by atoms with Crippen LogP contribution in [0.1, 0.15) is 254 Å². The summed E-state index contributed by atoms with van der Waals surface area (Å²) in [6.45, 7) is 23.2. The van der Waals surface area contributed by atoms with Gasteiger partial charge in [0.25, 0.3) is 0 Å². The summed E-state index contributed by atoms with van der Waals surface area (Å²) < 4.78 is 77.1. The van der Waals surface area contributed by atoms with Crippen molar-refractivity contribution in [2.45, 2.75) is 242 Å². The van der Waals surface area contributed by atoms with Gasteiger partial charge in [-0.3, -0.25) is 0 Å². The number of rotatable bonds is 49. The van der Waals surface area contributed by atoms with E-state index in [0.717, 1.165) is 143 Å². The lowest BCUT2D eigenvalue weighted by Crippen LogP contribution is -2.10. The monoisotopic (exact) mass is 1970 g/mol. The van der Waals surface area contributed by atoms with E-state index in [4.69, 9.17) is 19.7 Å². The van der Waals surface area contributed by atoms with Crippen molar-refractivity contribution in [3.8, 4) is 53.3 Å². The maximum Gasteiger partial charge on any atom is 0.170 e. The van der Waals surface area contributed by atoms with Gasteiger partial charge in [-0.25, -0.2) is 17.6 Å². The van der Waals surface area contributed by atoms with Gasteiger partial charge in [0.1, 0.15) is 33.6 Å². The van der Waals surface area contributed by atoms with E-state index in [1.165, 1.54) is 174 Å². The number of nitrogens with zero attached hydrogens (tertiary/aromatic N) is 8. The van der Waals surface area contributed by atoms with Gasteiger partial charge in [0.15, 0.2) is 23.3 Å². The molecule has 10 nitrogen and oxygen atoms in total. The Labute approximate surface area is 808 Å². The summed E-state index contributed by atoms with van der Waals surface area (Å²) in [5.74, 6) is -1.75. The van der Waals surface area contributed by atoms with Crippen molar-refractivity contribution in [2.24, 2.45) is 0 Å².